The van der Waals surface area contributed by atoms with Crippen molar-refractivity contribution in [3.63, 3.8) is 0 Å². The van der Waals surface area contributed by atoms with Crippen LogP contribution >= 0.6 is 34.7 Å². The third kappa shape index (κ3) is 4.13. The van der Waals surface area contributed by atoms with Crippen LogP contribution in [0.15, 0.2) is 28.6 Å². The number of carbonyl (C=O) groups is 1. The number of rotatable bonds is 5. The highest BCUT2D eigenvalue weighted by molar-refractivity contribution is 7.94. The Morgan fingerprint density at radius 2 is 1.95 bits per heavy atom. The largest absolute Gasteiger partial charge is 0.345 e. The van der Waals surface area contributed by atoms with Crippen LogP contribution in [0.2, 0.25) is 5.02 Å². The molecule has 0 radical (unpaired) electrons. The molecular formula is C11H9Cl2N3O3S2. The molecule has 0 atom stereocenters. The average Bonchev–Trinajstić information content (AvgIpc) is 2.95. The second-order valence-electron chi connectivity index (χ2n) is 3.89. The minimum Gasteiger partial charge on any atom is -0.345 e. The molecule has 0 saturated carbocycles. The normalized spacial score (nSPS) is 11.3. The molecule has 6 nitrogen and oxygen atoms in total. The van der Waals surface area contributed by atoms with Gasteiger partial charge in [-0.2, -0.15) is 4.37 Å². The van der Waals surface area contributed by atoms with E-state index in [0.717, 1.165) is 11.5 Å². The van der Waals surface area contributed by atoms with Crippen LogP contribution in [0.4, 0.5) is 0 Å². The number of benzene rings is 1. The summed E-state index contributed by atoms with van der Waals surface area (Å²) in [5, 5.41) is 2.56. The molecule has 112 valence electrons. The second-order valence-corrected chi connectivity index (χ2v) is 7.83. The number of hydrogen-bond donors (Lipinski definition) is 1. The highest BCUT2D eigenvalue weighted by Gasteiger charge is 2.19. The maximum atomic E-state index is 11.8. The van der Waals surface area contributed by atoms with Crippen molar-refractivity contribution < 1.29 is 13.2 Å². The molecule has 0 aliphatic rings. The summed E-state index contributed by atoms with van der Waals surface area (Å²) in [7, 11) is -3.59. The molecule has 1 aromatic carbocycles. The minimum absolute atomic E-state index is 0.0236. The Morgan fingerprint density at radius 1 is 1.29 bits per heavy atom. The molecule has 0 saturated heterocycles. The van der Waals surface area contributed by atoms with Gasteiger partial charge < -0.3 is 5.32 Å². The second kappa shape index (κ2) is 6.69. The lowest BCUT2D eigenvalue weighted by atomic mass is 10.2. The van der Waals surface area contributed by atoms with Gasteiger partial charge in [-0.1, -0.05) is 11.6 Å². The molecular weight excluding hydrogens is 357 g/mol. The molecule has 1 N–H and O–H groups in total. The lowest BCUT2D eigenvalue weighted by Gasteiger charge is -2.02. The van der Waals surface area contributed by atoms with Gasteiger partial charge in [-0.25, -0.2) is 13.4 Å². The van der Waals surface area contributed by atoms with Gasteiger partial charge in [0.05, 0.1) is 6.54 Å². The summed E-state index contributed by atoms with van der Waals surface area (Å²) in [6.07, 6.45) is 0. The van der Waals surface area contributed by atoms with E-state index in [1.54, 1.807) is 24.3 Å². The van der Waals surface area contributed by atoms with E-state index in [4.69, 9.17) is 23.2 Å². The summed E-state index contributed by atoms with van der Waals surface area (Å²) < 4.78 is 26.7. The van der Waals surface area contributed by atoms with Crippen LogP contribution in [0, 0.1) is 0 Å². The number of nitrogens with zero attached hydrogens (tertiary/aromatic N) is 2. The third-order valence-electron chi connectivity index (χ3n) is 2.37. The molecule has 0 bridgehead atoms. The number of hydrogen-bond acceptors (Lipinski definition) is 6. The first kappa shape index (κ1) is 16.2. The van der Waals surface area contributed by atoms with Crippen molar-refractivity contribution in [2.24, 2.45) is 0 Å². The molecule has 0 fully saturated rings. The van der Waals surface area contributed by atoms with Crippen LogP contribution in [0.3, 0.4) is 0 Å². The molecule has 1 heterocycles. The zero-order valence-electron chi connectivity index (χ0n) is 10.4. The van der Waals surface area contributed by atoms with E-state index in [1.165, 1.54) is 0 Å². The Bertz CT molecular complexity index is 744. The van der Waals surface area contributed by atoms with E-state index in [-0.39, 0.29) is 22.6 Å². The fraction of sp³-hybridized carbons (Fsp3) is 0.182. The summed E-state index contributed by atoms with van der Waals surface area (Å²) in [6.45, 7) is 0.0236. The van der Waals surface area contributed by atoms with Crippen LogP contribution < -0.4 is 5.32 Å². The Hall–Kier alpha value is -1.22. The summed E-state index contributed by atoms with van der Waals surface area (Å²) in [5.74, 6) is -0.116. The number of carbonyl (C=O) groups excluding carboxylic acids is 1. The van der Waals surface area contributed by atoms with Gasteiger partial charge in [-0.15, -0.1) is 11.6 Å². The predicted octanol–water partition coefficient (Wildman–Crippen LogP) is 2.09. The van der Waals surface area contributed by atoms with Gasteiger partial charge in [0.1, 0.15) is 5.21 Å². The fourth-order valence-electron chi connectivity index (χ4n) is 1.35. The molecule has 21 heavy (non-hydrogen) atoms. The first-order valence-corrected chi connectivity index (χ1v) is 8.91. The Morgan fingerprint density at radius 3 is 2.57 bits per heavy atom. The Balaban J connectivity index is 2.00. The standard InChI is InChI=1S/C11H9Cl2N3O3S2/c12-6-21(18,19)11-15-9(16-20-11)5-14-10(17)7-1-3-8(13)4-2-7/h1-4H,5-6H2,(H,14,17). The van der Waals surface area contributed by atoms with E-state index in [2.05, 4.69) is 14.7 Å². The van der Waals surface area contributed by atoms with E-state index in [9.17, 15) is 13.2 Å². The maximum Gasteiger partial charge on any atom is 0.251 e. The SMILES string of the molecule is O=C(NCc1nsc(S(=O)(=O)CCl)n1)c1ccc(Cl)cc1. The van der Waals surface area contributed by atoms with Crippen LogP contribution in [-0.4, -0.2) is 28.9 Å². The topological polar surface area (TPSA) is 89.0 Å². The van der Waals surface area contributed by atoms with Gasteiger partial charge >= 0.3 is 0 Å². The highest BCUT2D eigenvalue weighted by atomic mass is 35.5. The number of alkyl halides is 1. The van der Waals surface area contributed by atoms with Gasteiger partial charge in [0, 0.05) is 10.6 Å². The molecule has 1 aromatic heterocycles. The van der Waals surface area contributed by atoms with Crippen molar-refractivity contribution in [3.8, 4) is 0 Å². The van der Waals surface area contributed by atoms with Crippen molar-refractivity contribution in [2.45, 2.75) is 10.9 Å². The monoisotopic (exact) mass is 365 g/mol. The van der Waals surface area contributed by atoms with E-state index in [1.807, 2.05) is 0 Å². The molecule has 2 aromatic rings. The number of nitrogens with one attached hydrogen (secondary N) is 1. The summed E-state index contributed by atoms with van der Waals surface area (Å²) in [4.78, 5) is 15.7. The Labute approximate surface area is 135 Å². The maximum absolute atomic E-state index is 11.8. The van der Waals surface area contributed by atoms with Crippen LogP contribution in [0.25, 0.3) is 0 Å². The van der Waals surface area contributed by atoms with Crippen LogP contribution in [-0.2, 0) is 16.4 Å². The lowest BCUT2D eigenvalue weighted by molar-refractivity contribution is 0.0950. The predicted molar refractivity (Wildman–Crippen MR) is 80.4 cm³/mol. The quantitative estimate of drug-likeness (QED) is 0.819. The molecule has 1 amide bonds. The smallest absolute Gasteiger partial charge is 0.251 e. The van der Waals surface area contributed by atoms with E-state index in [0.29, 0.717) is 10.6 Å². The van der Waals surface area contributed by atoms with Gasteiger partial charge in [0.15, 0.2) is 5.82 Å². The van der Waals surface area contributed by atoms with Crippen molar-refractivity contribution in [2.75, 3.05) is 5.21 Å². The number of amides is 1. The Kier molecular flexibility index (Phi) is 5.15. The molecule has 2 rings (SSSR count). The fourth-order valence-corrected chi connectivity index (χ4v) is 3.49. The highest BCUT2D eigenvalue weighted by Crippen LogP contribution is 2.15. The summed E-state index contributed by atoms with van der Waals surface area (Å²) in [5.41, 5.74) is 0.434. The van der Waals surface area contributed by atoms with Gasteiger partial charge in [-0.05, 0) is 35.8 Å². The van der Waals surface area contributed by atoms with Gasteiger partial charge in [0.2, 0.25) is 14.2 Å². The van der Waals surface area contributed by atoms with Crippen molar-refractivity contribution in [1.29, 1.82) is 0 Å². The third-order valence-corrected chi connectivity index (χ3v) is 5.93. The lowest BCUT2D eigenvalue weighted by Crippen LogP contribution is -2.23. The molecule has 10 heteroatoms. The van der Waals surface area contributed by atoms with Crippen molar-refractivity contribution in [3.05, 3.63) is 40.7 Å². The molecule has 0 spiro atoms. The van der Waals surface area contributed by atoms with Crippen LogP contribution in [0.5, 0.6) is 0 Å². The molecule has 0 unspecified atom stereocenters. The summed E-state index contributed by atoms with van der Waals surface area (Å²) >= 11 is 11.8. The van der Waals surface area contributed by atoms with Crippen molar-refractivity contribution in [1.82, 2.24) is 14.7 Å². The number of halogens is 2. The van der Waals surface area contributed by atoms with Gasteiger partial charge in [-0.3, -0.25) is 4.79 Å². The van der Waals surface area contributed by atoms with E-state index < -0.39 is 15.0 Å². The number of sulfone groups is 1. The van der Waals surface area contributed by atoms with E-state index >= 15 is 0 Å². The first-order chi connectivity index (χ1) is 9.92. The van der Waals surface area contributed by atoms with Crippen molar-refractivity contribution >= 4 is 50.5 Å². The molecule has 0 aliphatic heterocycles. The van der Waals surface area contributed by atoms with Gasteiger partial charge in [0.25, 0.3) is 5.91 Å². The zero-order valence-corrected chi connectivity index (χ0v) is 13.6. The minimum atomic E-state index is -3.59. The zero-order chi connectivity index (χ0) is 15.5. The first-order valence-electron chi connectivity index (χ1n) is 5.57. The van der Waals surface area contributed by atoms with Crippen LogP contribution in [0.1, 0.15) is 16.2 Å². The molecule has 0 aliphatic carbocycles. The summed E-state index contributed by atoms with van der Waals surface area (Å²) in [6, 6.07) is 6.36. The average molecular weight is 366 g/mol. The number of aromatic nitrogens is 2.